The summed E-state index contributed by atoms with van der Waals surface area (Å²) in [5.74, 6) is 0.601. The van der Waals surface area contributed by atoms with E-state index >= 15 is 0 Å². The largest absolute Gasteiger partial charge is 0.355 e. The lowest BCUT2D eigenvalue weighted by Crippen LogP contribution is -2.47. The molecule has 4 nitrogen and oxygen atoms in total. The molecule has 0 spiro atoms. The molecule has 0 aliphatic carbocycles. The molecule has 3 aromatic rings. The second-order valence-corrected chi connectivity index (χ2v) is 8.99. The van der Waals surface area contributed by atoms with Crippen molar-refractivity contribution in [2.24, 2.45) is 5.92 Å². The summed E-state index contributed by atoms with van der Waals surface area (Å²) in [5, 5.41) is 7.67. The van der Waals surface area contributed by atoms with E-state index in [0.29, 0.717) is 12.3 Å². The summed E-state index contributed by atoms with van der Waals surface area (Å²) < 4.78 is 1.17. The summed E-state index contributed by atoms with van der Waals surface area (Å²) in [6.45, 7) is 4.85. The van der Waals surface area contributed by atoms with E-state index in [4.69, 9.17) is 4.98 Å². The topological polar surface area (TPSA) is 54.0 Å². The van der Waals surface area contributed by atoms with Gasteiger partial charge in [0, 0.05) is 13.0 Å². The molecule has 1 aromatic heterocycles. The number of halogens is 2. The van der Waals surface area contributed by atoms with Gasteiger partial charge in [-0.15, -0.1) is 36.2 Å². The molecule has 1 fully saturated rings. The molecule has 0 radical (unpaired) electrons. The first-order valence-electron chi connectivity index (χ1n) is 10.0. The smallest absolute Gasteiger partial charge is 0.230 e. The summed E-state index contributed by atoms with van der Waals surface area (Å²) in [6.07, 6.45) is 2.96. The third-order valence-corrected chi connectivity index (χ3v) is 6.74. The highest BCUT2D eigenvalue weighted by atomic mass is 35.5. The summed E-state index contributed by atoms with van der Waals surface area (Å²) in [4.78, 5) is 18.2. The quantitative estimate of drug-likeness (QED) is 0.551. The Labute approximate surface area is 194 Å². The first kappa shape index (κ1) is 24.6. The summed E-state index contributed by atoms with van der Waals surface area (Å²) in [5.41, 5.74) is 1.40. The zero-order chi connectivity index (χ0) is 19.4. The predicted octanol–water partition coefficient (Wildman–Crippen LogP) is 4.76. The lowest BCUT2D eigenvalue weighted by atomic mass is 9.78. The van der Waals surface area contributed by atoms with Crippen molar-refractivity contribution in [2.45, 2.75) is 31.6 Å². The molecule has 2 heterocycles. The predicted molar refractivity (Wildman–Crippen MR) is 130 cm³/mol. The van der Waals surface area contributed by atoms with Crippen molar-refractivity contribution in [1.29, 1.82) is 0 Å². The number of carbonyl (C=O) groups is 1. The number of amides is 1. The number of fused-ring (bicyclic) bond motifs is 1. The Morgan fingerprint density at radius 1 is 1.17 bits per heavy atom. The van der Waals surface area contributed by atoms with Crippen molar-refractivity contribution in [3.63, 3.8) is 0 Å². The van der Waals surface area contributed by atoms with Gasteiger partial charge in [-0.3, -0.25) is 4.79 Å². The number of piperidine rings is 1. The van der Waals surface area contributed by atoms with Crippen LogP contribution in [-0.4, -0.2) is 30.5 Å². The number of rotatable bonds is 6. The van der Waals surface area contributed by atoms with Crippen LogP contribution in [0.4, 0.5) is 0 Å². The highest BCUT2D eigenvalue weighted by Gasteiger charge is 2.36. The molecule has 2 unspecified atom stereocenters. The second kappa shape index (κ2) is 11.1. The van der Waals surface area contributed by atoms with E-state index in [2.05, 4.69) is 28.8 Å². The van der Waals surface area contributed by atoms with Crippen LogP contribution in [0.25, 0.3) is 10.2 Å². The van der Waals surface area contributed by atoms with Gasteiger partial charge in [0.15, 0.2) is 0 Å². The van der Waals surface area contributed by atoms with E-state index in [1.807, 2.05) is 43.3 Å². The number of aromatic nitrogens is 1. The Hall–Kier alpha value is -1.66. The highest BCUT2D eigenvalue weighted by Crippen LogP contribution is 2.32. The molecule has 1 aliphatic rings. The fourth-order valence-electron chi connectivity index (χ4n) is 3.95. The molecule has 2 aromatic carbocycles. The Kier molecular flexibility index (Phi) is 9.10. The van der Waals surface area contributed by atoms with Crippen molar-refractivity contribution < 1.29 is 4.79 Å². The molecular formula is C23H29Cl2N3OS. The van der Waals surface area contributed by atoms with Gasteiger partial charge in [-0.25, -0.2) is 4.98 Å². The summed E-state index contributed by atoms with van der Waals surface area (Å²) >= 11 is 1.68. The minimum absolute atomic E-state index is 0. The molecule has 1 amide bonds. The first-order valence-corrected chi connectivity index (χ1v) is 10.9. The second-order valence-electron chi connectivity index (χ2n) is 7.87. The average molecular weight is 466 g/mol. The number of carbonyl (C=O) groups excluding carboxylic acids is 1. The van der Waals surface area contributed by atoms with Gasteiger partial charge >= 0.3 is 0 Å². The number of nitrogens with one attached hydrogen (secondary N) is 2. The molecule has 162 valence electrons. The number of nitrogens with zero attached hydrogens (tertiary/aromatic N) is 1. The van der Waals surface area contributed by atoms with Crippen molar-refractivity contribution in [3.05, 3.63) is 65.2 Å². The Morgan fingerprint density at radius 3 is 2.60 bits per heavy atom. The number of hydrogen-bond acceptors (Lipinski definition) is 4. The molecule has 0 saturated carbocycles. The van der Waals surface area contributed by atoms with Gasteiger partial charge in [-0.1, -0.05) is 42.5 Å². The zero-order valence-corrected chi connectivity index (χ0v) is 19.5. The van der Waals surface area contributed by atoms with Gasteiger partial charge < -0.3 is 10.6 Å². The van der Waals surface area contributed by atoms with E-state index in [0.717, 1.165) is 35.7 Å². The number of para-hydroxylation sites is 1. The molecule has 2 N–H and O–H groups in total. The van der Waals surface area contributed by atoms with Gasteiger partial charge in [0.2, 0.25) is 5.91 Å². The normalized spacial score (nSPS) is 18.0. The van der Waals surface area contributed by atoms with Crippen LogP contribution in [0, 0.1) is 5.92 Å². The lowest BCUT2D eigenvalue weighted by Gasteiger charge is -2.30. The fraction of sp³-hybridized carbons (Fsp3) is 0.391. The van der Waals surface area contributed by atoms with Crippen LogP contribution in [0.2, 0.25) is 0 Å². The minimum atomic E-state index is -0.642. The van der Waals surface area contributed by atoms with Crippen LogP contribution >= 0.6 is 36.2 Å². The third-order valence-electron chi connectivity index (χ3n) is 5.71. The molecule has 30 heavy (non-hydrogen) atoms. The van der Waals surface area contributed by atoms with Crippen molar-refractivity contribution in [2.75, 3.05) is 19.6 Å². The third kappa shape index (κ3) is 5.52. The molecular weight excluding hydrogens is 437 g/mol. The molecule has 7 heteroatoms. The first-order chi connectivity index (χ1) is 13.6. The Morgan fingerprint density at radius 2 is 1.90 bits per heavy atom. The van der Waals surface area contributed by atoms with Crippen LogP contribution < -0.4 is 10.6 Å². The molecule has 1 aliphatic heterocycles. The van der Waals surface area contributed by atoms with Crippen molar-refractivity contribution in [1.82, 2.24) is 15.6 Å². The number of thiazole rings is 1. The highest BCUT2D eigenvalue weighted by molar-refractivity contribution is 7.18. The number of benzene rings is 2. The van der Waals surface area contributed by atoms with Gasteiger partial charge in [0.25, 0.3) is 0 Å². The van der Waals surface area contributed by atoms with E-state index in [9.17, 15) is 4.79 Å². The summed E-state index contributed by atoms with van der Waals surface area (Å²) in [7, 11) is 0. The average Bonchev–Trinajstić information content (AvgIpc) is 3.15. The SMILES string of the molecule is CC(Cc1nc2ccccc2s1)(C(=O)NCC1CCCNC1)c1ccccc1.Cl.Cl. The van der Waals surface area contributed by atoms with Crippen LogP contribution in [0.1, 0.15) is 30.3 Å². The van der Waals surface area contributed by atoms with Crippen LogP contribution in [0.3, 0.4) is 0 Å². The van der Waals surface area contributed by atoms with Gasteiger partial charge in [0.05, 0.1) is 20.6 Å². The summed E-state index contributed by atoms with van der Waals surface area (Å²) in [6, 6.07) is 18.3. The molecule has 0 bridgehead atoms. The minimum Gasteiger partial charge on any atom is -0.355 e. The fourth-order valence-corrected chi connectivity index (χ4v) is 5.07. The Balaban J connectivity index is 0.00000160. The van der Waals surface area contributed by atoms with E-state index in [-0.39, 0.29) is 30.7 Å². The van der Waals surface area contributed by atoms with E-state index in [1.54, 1.807) is 11.3 Å². The van der Waals surface area contributed by atoms with Crippen LogP contribution in [0.5, 0.6) is 0 Å². The maximum absolute atomic E-state index is 13.4. The van der Waals surface area contributed by atoms with Gasteiger partial charge in [-0.05, 0) is 56.5 Å². The standard InChI is InChI=1S/C23H27N3OS.2ClH/c1-23(18-9-3-2-4-10-18,22(27)25-16-17-8-7-13-24-15-17)14-21-26-19-11-5-6-12-20(19)28-21;;/h2-6,9-12,17,24H,7-8,13-16H2,1H3,(H,25,27);2*1H. The van der Waals surface area contributed by atoms with E-state index in [1.165, 1.54) is 17.5 Å². The van der Waals surface area contributed by atoms with Gasteiger partial charge in [-0.2, -0.15) is 0 Å². The maximum atomic E-state index is 13.4. The monoisotopic (exact) mass is 465 g/mol. The maximum Gasteiger partial charge on any atom is 0.230 e. The van der Waals surface area contributed by atoms with Gasteiger partial charge in [0.1, 0.15) is 0 Å². The van der Waals surface area contributed by atoms with Crippen LogP contribution in [-0.2, 0) is 16.6 Å². The molecule has 2 atom stereocenters. The van der Waals surface area contributed by atoms with Crippen molar-refractivity contribution in [3.8, 4) is 0 Å². The van der Waals surface area contributed by atoms with Crippen molar-refractivity contribution >= 4 is 52.3 Å². The zero-order valence-electron chi connectivity index (χ0n) is 17.1. The number of hydrogen-bond donors (Lipinski definition) is 2. The Bertz CT molecular complexity index is 911. The molecule has 4 rings (SSSR count). The van der Waals surface area contributed by atoms with E-state index < -0.39 is 5.41 Å². The molecule has 1 saturated heterocycles. The van der Waals surface area contributed by atoms with Crippen LogP contribution in [0.15, 0.2) is 54.6 Å². The lowest BCUT2D eigenvalue weighted by molar-refractivity contribution is -0.126.